The minimum absolute atomic E-state index is 0.0705. The molecule has 4 nitrogen and oxygen atoms in total. The molecule has 0 amide bonds. The van der Waals surface area contributed by atoms with Crippen molar-refractivity contribution in [3.63, 3.8) is 0 Å². The number of nitrogens with zero attached hydrogens (tertiary/aromatic N) is 2. The van der Waals surface area contributed by atoms with Gasteiger partial charge in [-0.15, -0.1) is 0 Å². The van der Waals surface area contributed by atoms with E-state index >= 15 is 0 Å². The van der Waals surface area contributed by atoms with E-state index in [4.69, 9.17) is 11.6 Å². The van der Waals surface area contributed by atoms with E-state index in [-0.39, 0.29) is 5.02 Å². The van der Waals surface area contributed by atoms with Gasteiger partial charge < -0.3 is 10.6 Å². The Labute approximate surface area is 160 Å². The van der Waals surface area contributed by atoms with Gasteiger partial charge in [0.2, 0.25) is 5.13 Å². The highest BCUT2D eigenvalue weighted by molar-refractivity contribution is 7.09. The maximum Gasteiger partial charge on any atom is 0.207 e. The zero-order valence-corrected chi connectivity index (χ0v) is 16.0. The molecule has 0 saturated carbocycles. The average Bonchev–Trinajstić information content (AvgIpc) is 3.04. The van der Waals surface area contributed by atoms with Gasteiger partial charge in [0.05, 0.1) is 5.02 Å². The predicted octanol–water partition coefficient (Wildman–Crippen LogP) is 4.51. The summed E-state index contributed by atoms with van der Waals surface area (Å²) in [5.74, 6) is 0.196. The SMILES string of the molecule is CC(=Cc1nsc(Nc2ccc(F)c(Cl)c2)n1)[NH2+]Cc1ccc(C)cc1. The van der Waals surface area contributed by atoms with Crippen LogP contribution in [0.4, 0.5) is 15.2 Å². The Balaban J connectivity index is 1.60. The van der Waals surface area contributed by atoms with Crippen molar-refractivity contribution >= 4 is 40.0 Å². The molecular weight excluding hydrogens is 371 g/mol. The molecule has 0 bridgehead atoms. The first-order chi connectivity index (χ1) is 12.5. The van der Waals surface area contributed by atoms with Crippen LogP contribution in [0, 0.1) is 12.7 Å². The van der Waals surface area contributed by atoms with E-state index in [0.29, 0.717) is 16.6 Å². The van der Waals surface area contributed by atoms with Gasteiger partial charge in [-0.05, 0) is 25.1 Å². The third-order valence-electron chi connectivity index (χ3n) is 3.75. The normalized spacial score (nSPS) is 11.6. The highest BCUT2D eigenvalue weighted by Crippen LogP contribution is 2.23. The summed E-state index contributed by atoms with van der Waals surface area (Å²) in [6.07, 6.45) is 1.94. The van der Waals surface area contributed by atoms with Crippen molar-refractivity contribution in [2.75, 3.05) is 5.32 Å². The minimum atomic E-state index is -0.446. The fraction of sp³-hybridized carbons (Fsp3) is 0.158. The molecule has 0 unspecified atom stereocenters. The molecule has 26 heavy (non-hydrogen) atoms. The quantitative estimate of drug-likeness (QED) is 0.652. The van der Waals surface area contributed by atoms with Crippen LogP contribution in [0.3, 0.4) is 0 Å². The maximum atomic E-state index is 13.2. The third kappa shape index (κ3) is 5.11. The van der Waals surface area contributed by atoms with Gasteiger partial charge in [-0.3, -0.25) is 0 Å². The molecule has 3 rings (SSSR count). The van der Waals surface area contributed by atoms with Crippen LogP contribution in [0.2, 0.25) is 5.02 Å². The second-order valence-corrected chi connectivity index (χ2v) is 7.15. The summed E-state index contributed by atoms with van der Waals surface area (Å²) in [7, 11) is 0. The van der Waals surface area contributed by atoms with Crippen molar-refractivity contribution < 1.29 is 9.71 Å². The lowest BCUT2D eigenvalue weighted by Crippen LogP contribution is -2.79. The maximum absolute atomic E-state index is 13.2. The van der Waals surface area contributed by atoms with Gasteiger partial charge in [0.15, 0.2) is 5.82 Å². The number of nitrogens with two attached hydrogens (primary N) is 1. The van der Waals surface area contributed by atoms with E-state index in [1.165, 1.54) is 34.8 Å². The Morgan fingerprint density at radius 3 is 2.77 bits per heavy atom. The summed E-state index contributed by atoms with van der Waals surface area (Å²) in [5, 5.41) is 5.93. The first kappa shape index (κ1) is 18.5. The van der Waals surface area contributed by atoms with Crippen LogP contribution in [0.25, 0.3) is 6.08 Å². The Morgan fingerprint density at radius 1 is 1.27 bits per heavy atom. The molecule has 3 aromatic rings. The summed E-state index contributed by atoms with van der Waals surface area (Å²) in [6.45, 7) is 4.98. The molecule has 0 atom stereocenters. The molecule has 1 aromatic heterocycles. The number of halogens is 2. The van der Waals surface area contributed by atoms with Crippen molar-refractivity contribution in [2.45, 2.75) is 20.4 Å². The molecule has 134 valence electrons. The Morgan fingerprint density at radius 2 is 2.04 bits per heavy atom. The van der Waals surface area contributed by atoms with E-state index in [1.807, 2.05) is 13.0 Å². The van der Waals surface area contributed by atoms with E-state index < -0.39 is 5.82 Å². The van der Waals surface area contributed by atoms with Gasteiger partial charge in [0, 0.05) is 35.8 Å². The molecule has 3 N–H and O–H groups in total. The van der Waals surface area contributed by atoms with Crippen LogP contribution in [0.15, 0.2) is 48.2 Å². The first-order valence-electron chi connectivity index (χ1n) is 8.12. The molecule has 0 spiro atoms. The molecule has 1 heterocycles. The zero-order chi connectivity index (χ0) is 18.5. The molecule has 7 heteroatoms. The van der Waals surface area contributed by atoms with Gasteiger partial charge in [0.25, 0.3) is 0 Å². The topological polar surface area (TPSA) is 54.4 Å². The summed E-state index contributed by atoms with van der Waals surface area (Å²) in [5.41, 5.74) is 4.30. The third-order valence-corrected chi connectivity index (χ3v) is 4.68. The van der Waals surface area contributed by atoms with Crippen LogP contribution in [-0.4, -0.2) is 9.36 Å². The summed E-state index contributed by atoms with van der Waals surface area (Å²) in [6, 6.07) is 12.9. The van der Waals surface area contributed by atoms with Crippen molar-refractivity contribution in [3.05, 3.63) is 76.0 Å². The van der Waals surface area contributed by atoms with E-state index in [9.17, 15) is 4.39 Å². The Hall–Kier alpha value is -2.28. The van der Waals surface area contributed by atoms with Gasteiger partial charge in [-0.2, -0.15) is 9.36 Å². The monoisotopic (exact) mass is 389 g/mol. The molecular formula is C19H19ClFN4S+. The number of quaternary nitrogens is 1. The smallest absolute Gasteiger partial charge is 0.207 e. The standard InChI is InChI=1S/C19H18ClFN4S/c1-12-3-5-14(6-4-12)11-22-13(2)9-18-24-19(26-25-18)23-15-7-8-17(21)16(20)10-15/h3-10,22H,11H2,1-2H3,(H,23,24,25)/p+1. The number of hydrogen-bond acceptors (Lipinski definition) is 4. The summed E-state index contributed by atoms with van der Waals surface area (Å²) >= 11 is 7.03. The van der Waals surface area contributed by atoms with Crippen molar-refractivity contribution in [2.24, 2.45) is 0 Å². The number of aryl methyl sites for hydroxylation is 1. The average molecular weight is 390 g/mol. The largest absolute Gasteiger partial charge is 0.330 e. The van der Waals surface area contributed by atoms with Crippen molar-refractivity contribution in [1.82, 2.24) is 9.36 Å². The zero-order valence-electron chi connectivity index (χ0n) is 14.5. The van der Waals surface area contributed by atoms with Gasteiger partial charge >= 0.3 is 0 Å². The first-order valence-corrected chi connectivity index (χ1v) is 9.27. The van der Waals surface area contributed by atoms with Crippen LogP contribution < -0.4 is 10.6 Å². The molecule has 0 fully saturated rings. The second kappa shape index (κ2) is 8.40. The van der Waals surface area contributed by atoms with E-state index in [1.54, 1.807) is 6.07 Å². The second-order valence-electron chi connectivity index (χ2n) is 5.99. The molecule has 0 saturated heterocycles. The number of hydrogen-bond donors (Lipinski definition) is 2. The number of rotatable bonds is 6. The molecule has 0 radical (unpaired) electrons. The highest BCUT2D eigenvalue weighted by atomic mass is 35.5. The Bertz CT molecular complexity index is 922. The molecule has 0 aliphatic heterocycles. The number of allylic oxidation sites excluding steroid dienone is 1. The highest BCUT2D eigenvalue weighted by Gasteiger charge is 2.06. The van der Waals surface area contributed by atoms with Gasteiger partial charge in [-0.25, -0.2) is 4.39 Å². The number of nitrogens with one attached hydrogen (secondary N) is 1. The van der Waals surface area contributed by atoms with Gasteiger partial charge in [-0.1, -0.05) is 41.4 Å². The lowest BCUT2D eigenvalue weighted by atomic mass is 10.1. The summed E-state index contributed by atoms with van der Waals surface area (Å²) in [4.78, 5) is 4.43. The van der Waals surface area contributed by atoms with Crippen molar-refractivity contribution in [1.29, 1.82) is 0 Å². The number of aromatic nitrogens is 2. The lowest BCUT2D eigenvalue weighted by Gasteiger charge is -2.02. The van der Waals surface area contributed by atoms with Crippen molar-refractivity contribution in [3.8, 4) is 0 Å². The number of benzene rings is 2. The minimum Gasteiger partial charge on any atom is -0.330 e. The molecule has 0 aliphatic rings. The summed E-state index contributed by atoms with van der Waals surface area (Å²) < 4.78 is 17.5. The van der Waals surface area contributed by atoms with Crippen LogP contribution >= 0.6 is 23.1 Å². The fourth-order valence-electron chi connectivity index (χ4n) is 2.31. The fourth-order valence-corrected chi connectivity index (χ4v) is 3.06. The predicted molar refractivity (Wildman–Crippen MR) is 105 cm³/mol. The number of anilines is 2. The Kier molecular flexibility index (Phi) is 5.98. The van der Waals surface area contributed by atoms with E-state index in [0.717, 1.165) is 12.2 Å². The molecule has 2 aromatic carbocycles. The van der Waals surface area contributed by atoms with Gasteiger partial charge in [0.1, 0.15) is 18.1 Å². The van der Waals surface area contributed by atoms with Crippen LogP contribution in [-0.2, 0) is 6.54 Å². The van der Waals surface area contributed by atoms with Crippen LogP contribution in [0.5, 0.6) is 0 Å². The molecule has 0 aliphatic carbocycles. The lowest BCUT2D eigenvalue weighted by molar-refractivity contribution is -0.621. The van der Waals surface area contributed by atoms with Crippen LogP contribution in [0.1, 0.15) is 23.9 Å². The van der Waals surface area contributed by atoms with E-state index in [2.05, 4.69) is 51.2 Å².